The fraction of sp³-hybridized carbons (Fsp3) is 0.292. The van der Waals surface area contributed by atoms with Gasteiger partial charge in [0, 0.05) is 62.8 Å². The average Bonchev–Trinajstić information content (AvgIpc) is 2.79. The van der Waals surface area contributed by atoms with Crippen molar-refractivity contribution in [2.45, 2.75) is 13.5 Å². The van der Waals surface area contributed by atoms with E-state index in [-0.39, 0.29) is 5.91 Å². The first-order chi connectivity index (χ1) is 15.1. The lowest BCUT2D eigenvalue weighted by Crippen LogP contribution is -2.44. The van der Waals surface area contributed by atoms with Gasteiger partial charge in [0.1, 0.15) is 0 Å². The van der Waals surface area contributed by atoms with Gasteiger partial charge >= 0.3 is 0 Å². The molecule has 4 rings (SSSR count). The maximum Gasteiger partial charge on any atom is 0.223 e. The minimum atomic E-state index is -0.0853. The molecule has 0 aliphatic carbocycles. The smallest absolute Gasteiger partial charge is 0.223 e. The lowest BCUT2D eigenvalue weighted by Gasteiger charge is -2.34. The molecule has 1 fully saturated rings. The molecule has 1 aliphatic rings. The molecule has 0 bridgehead atoms. The maximum absolute atomic E-state index is 11.2. The Morgan fingerprint density at radius 2 is 1.68 bits per heavy atom. The zero-order chi connectivity index (χ0) is 21.6. The molecule has 0 saturated carbocycles. The third-order valence-corrected chi connectivity index (χ3v) is 5.41. The SMILES string of the molecule is CC(=O)Nc1ccc(-c2ccnc(NCc3ccc(N4CCN(C)CC4)cc3)n2)cc1. The van der Waals surface area contributed by atoms with Gasteiger partial charge in [-0.05, 0) is 42.9 Å². The van der Waals surface area contributed by atoms with Gasteiger partial charge in [0.2, 0.25) is 11.9 Å². The Hall–Kier alpha value is -3.45. The van der Waals surface area contributed by atoms with E-state index in [1.54, 1.807) is 6.20 Å². The van der Waals surface area contributed by atoms with Crippen LogP contribution in [-0.2, 0) is 11.3 Å². The number of amides is 1. The van der Waals surface area contributed by atoms with Gasteiger partial charge in [-0.3, -0.25) is 4.79 Å². The summed E-state index contributed by atoms with van der Waals surface area (Å²) in [7, 11) is 2.17. The van der Waals surface area contributed by atoms with Crippen LogP contribution in [0.1, 0.15) is 12.5 Å². The van der Waals surface area contributed by atoms with E-state index < -0.39 is 0 Å². The highest BCUT2D eigenvalue weighted by Gasteiger charge is 2.14. The summed E-state index contributed by atoms with van der Waals surface area (Å²) in [5.41, 5.74) is 5.03. The van der Waals surface area contributed by atoms with Gasteiger partial charge in [0.15, 0.2) is 0 Å². The van der Waals surface area contributed by atoms with Crippen molar-refractivity contribution in [3.8, 4) is 11.3 Å². The fourth-order valence-corrected chi connectivity index (χ4v) is 3.60. The van der Waals surface area contributed by atoms with E-state index in [2.05, 4.69) is 61.7 Å². The molecule has 7 nitrogen and oxygen atoms in total. The molecule has 7 heteroatoms. The van der Waals surface area contributed by atoms with E-state index in [4.69, 9.17) is 0 Å². The Balaban J connectivity index is 1.36. The minimum absolute atomic E-state index is 0.0853. The van der Waals surface area contributed by atoms with Gasteiger partial charge in [-0.25, -0.2) is 9.97 Å². The average molecular weight is 417 g/mol. The summed E-state index contributed by atoms with van der Waals surface area (Å²) >= 11 is 0. The third kappa shape index (κ3) is 5.58. The van der Waals surface area contributed by atoms with Crippen LogP contribution in [0.5, 0.6) is 0 Å². The second-order valence-electron chi connectivity index (χ2n) is 7.83. The molecule has 1 aliphatic heterocycles. The number of hydrogen-bond acceptors (Lipinski definition) is 6. The second-order valence-corrected chi connectivity index (χ2v) is 7.83. The van der Waals surface area contributed by atoms with E-state index in [1.807, 2.05) is 30.3 Å². The van der Waals surface area contributed by atoms with Gasteiger partial charge in [0.05, 0.1) is 5.69 Å². The van der Waals surface area contributed by atoms with Crippen molar-refractivity contribution in [3.05, 3.63) is 66.4 Å². The predicted molar refractivity (Wildman–Crippen MR) is 125 cm³/mol. The summed E-state index contributed by atoms with van der Waals surface area (Å²) in [5.74, 6) is 0.504. The van der Waals surface area contributed by atoms with Crippen LogP contribution in [0.15, 0.2) is 60.8 Å². The summed E-state index contributed by atoms with van der Waals surface area (Å²) in [6.45, 7) is 6.51. The second kappa shape index (κ2) is 9.57. The van der Waals surface area contributed by atoms with Crippen LogP contribution in [0, 0.1) is 0 Å². The summed E-state index contributed by atoms with van der Waals surface area (Å²) in [6.07, 6.45) is 1.75. The zero-order valence-corrected chi connectivity index (χ0v) is 18.0. The topological polar surface area (TPSA) is 73.4 Å². The summed E-state index contributed by atoms with van der Waals surface area (Å²) in [6, 6.07) is 18.2. The number of hydrogen-bond donors (Lipinski definition) is 2. The fourth-order valence-electron chi connectivity index (χ4n) is 3.60. The van der Waals surface area contributed by atoms with E-state index in [1.165, 1.54) is 18.2 Å². The van der Waals surface area contributed by atoms with Crippen molar-refractivity contribution in [3.63, 3.8) is 0 Å². The van der Waals surface area contributed by atoms with Crippen molar-refractivity contribution in [1.29, 1.82) is 0 Å². The quantitative estimate of drug-likeness (QED) is 0.641. The van der Waals surface area contributed by atoms with Crippen LogP contribution in [0.25, 0.3) is 11.3 Å². The molecule has 0 atom stereocenters. The van der Waals surface area contributed by atoms with Crippen LogP contribution < -0.4 is 15.5 Å². The lowest BCUT2D eigenvalue weighted by molar-refractivity contribution is -0.114. The molecule has 1 aromatic heterocycles. The number of anilines is 3. The largest absolute Gasteiger partial charge is 0.369 e. The molecule has 1 saturated heterocycles. The van der Waals surface area contributed by atoms with Crippen LogP contribution in [0.4, 0.5) is 17.3 Å². The van der Waals surface area contributed by atoms with E-state index >= 15 is 0 Å². The van der Waals surface area contributed by atoms with Crippen LogP contribution in [0.3, 0.4) is 0 Å². The molecule has 31 heavy (non-hydrogen) atoms. The zero-order valence-electron chi connectivity index (χ0n) is 18.0. The highest BCUT2D eigenvalue weighted by atomic mass is 16.1. The number of nitrogens with zero attached hydrogens (tertiary/aromatic N) is 4. The predicted octanol–water partition coefficient (Wildman–Crippen LogP) is 3.47. The summed E-state index contributed by atoms with van der Waals surface area (Å²) in [5, 5.41) is 6.08. The van der Waals surface area contributed by atoms with Gasteiger partial charge in [-0.15, -0.1) is 0 Å². The first kappa shape index (κ1) is 20.8. The molecule has 2 N–H and O–H groups in total. The van der Waals surface area contributed by atoms with Gasteiger partial charge < -0.3 is 20.4 Å². The van der Waals surface area contributed by atoms with Crippen molar-refractivity contribution in [2.75, 3.05) is 48.8 Å². The van der Waals surface area contributed by atoms with Crippen LogP contribution in [-0.4, -0.2) is 54.0 Å². The Kier molecular flexibility index (Phi) is 6.43. The van der Waals surface area contributed by atoms with E-state index in [0.717, 1.165) is 43.1 Å². The van der Waals surface area contributed by atoms with E-state index in [9.17, 15) is 4.79 Å². The molecule has 2 heterocycles. The monoisotopic (exact) mass is 416 g/mol. The molecule has 1 amide bonds. The number of rotatable bonds is 6. The highest BCUT2D eigenvalue weighted by Crippen LogP contribution is 2.21. The van der Waals surface area contributed by atoms with Gasteiger partial charge in [-0.2, -0.15) is 0 Å². The molecule has 0 radical (unpaired) electrons. The number of piperazine rings is 1. The van der Waals surface area contributed by atoms with E-state index in [0.29, 0.717) is 12.5 Å². The molecule has 0 spiro atoms. The molecular formula is C24H28N6O. The Morgan fingerprint density at radius 3 is 2.35 bits per heavy atom. The molecule has 0 unspecified atom stereocenters. The van der Waals surface area contributed by atoms with Crippen molar-refractivity contribution in [2.24, 2.45) is 0 Å². The lowest BCUT2D eigenvalue weighted by atomic mass is 10.1. The Morgan fingerprint density at radius 1 is 0.968 bits per heavy atom. The Labute approximate surface area is 183 Å². The summed E-state index contributed by atoms with van der Waals surface area (Å²) in [4.78, 5) is 24.9. The van der Waals surface area contributed by atoms with Crippen molar-refractivity contribution >= 4 is 23.2 Å². The number of carbonyl (C=O) groups excluding carboxylic acids is 1. The molecular weight excluding hydrogens is 388 g/mol. The first-order valence-corrected chi connectivity index (χ1v) is 10.5. The number of likely N-dealkylation sites (N-methyl/N-ethyl adjacent to an activating group) is 1. The van der Waals surface area contributed by atoms with Crippen molar-refractivity contribution < 1.29 is 4.79 Å². The number of aromatic nitrogens is 2. The van der Waals surface area contributed by atoms with Gasteiger partial charge in [-0.1, -0.05) is 24.3 Å². The number of nitrogens with one attached hydrogen (secondary N) is 2. The van der Waals surface area contributed by atoms with Crippen LogP contribution >= 0.6 is 0 Å². The van der Waals surface area contributed by atoms with Gasteiger partial charge in [0.25, 0.3) is 0 Å². The number of carbonyl (C=O) groups is 1. The molecule has 160 valence electrons. The third-order valence-electron chi connectivity index (χ3n) is 5.41. The molecule has 2 aromatic carbocycles. The maximum atomic E-state index is 11.2. The first-order valence-electron chi connectivity index (χ1n) is 10.5. The summed E-state index contributed by atoms with van der Waals surface area (Å²) < 4.78 is 0. The molecule has 3 aromatic rings. The normalized spacial score (nSPS) is 14.3. The minimum Gasteiger partial charge on any atom is -0.369 e. The van der Waals surface area contributed by atoms with Crippen LogP contribution in [0.2, 0.25) is 0 Å². The van der Waals surface area contributed by atoms with Crippen molar-refractivity contribution in [1.82, 2.24) is 14.9 Å². The highest BCUT2D eigenvalue weighted by molar-refractivity contribution is 5.88. The standard InChI is InChI=1S/C24H28N6O/c1-18(31)27-21-7-5-20(6-8-21)23-11-12-25-24(28-23)26-17-19-3-9-22(10-4-19)30-15-13-29(2)14-16-30/h3-12H,13-17H2,1-2H3,(H,27,31)(H,25,26,28). The Bertz CT molecular complexity index is 1010. The number of benzene rings is 2.